The van der Waals surface area contributed by atoms with Crippen LogP contribution in [0.15, 0.2) is 102 Å². The van der Waals surface area contributed by atoms with E-state index in [1.807, 2.05) is 85.9 Å². The number of aromatic nitrogens is 1. The standard InChI is InChI=1S/C34H32N2O5/c1-20-31(34(38)41-19-21-11-13-23(39-2)14-12-21)32(26-8-6-9-27-25(26)15-16-35-27)33-28(36-20)17-22(18-29(33)37)24-7-4-5-10-30(24)40-3/h4-16,22,32,35-36H,17-19H2,1-3H3/t22-,32?/m1/s1. The van der Waals surface area contributed by atoms with Gasteiger partial charge in [-0.15, -0.1) is 0 Å². The number of Topliss-reactive ketones (excluding diaryl/α,β-unsaturated/α-hetero) is 1. The second-order valence-electron chi connectivity index (χ2n) is 10.5. The van der Waals surface area contributed by atoms with Crippen LogP contribution >= 0.6 is 0 Å². The number of nitrogens with one attached hydrogen (secondary N) is 2. The van der Waals surface area contributed by atoms with Crippen LogP contribution in [0, 0.1) is 0 Å². The molecule has 208 valence electrons. The molecule has 7 heteroatoms. The summed E-state index contributed by atoms with van der Waals surface area (Å²) in [4.78, 5) is 31.1. The lowest BCUT2D eigenvalue weighted by molar-refractivity contribution is -0.140. The second-order valence-corrected chi connectivity index (χ2v) is 10.5. The lowest BCUT2D eigenvalue weighted by Gasteiger charge is -2.37. The Labute approximate surface area is 238 Å². The minimum Gasteiger partial charge on any atom is -0.497 e. The van der Waals surface area contributed by atoms with Gasteiger partial charge in [-0.3, -0.25) is 4.79 Å². The van der Waals surface area contributed by atoms with Crippen molar-refractivity contribution in [3.63, 3.8) is 0 Å². The lowest BCUT2D eigenvalue weighted by atomic mass is 9.71. The number of methoxy groups -OCH3 is 2. The number of rotatable bonds is 7. The van der Waals surface area contributed by atoms with Crippen LogP contribution in [0.25, 0.3) is 10.9 Å². The third-order valence-electron chi connectivity index (χ3n) is 8.09. The fraction of sp³-hybridized carbons (Fsp3) is 0.235. The van der Waals surface area contributed by atoms with Crippen LogP contribution in [-0.2, 0) is 20.9 Å². The Balaban J connectivity index is 1.39. The van der Waals surface area contributed by atoms with Gasteiger partial charge in [0.1, 0.15) is 18.1 Å². The number of aromatic amines is 1. The first kappa shape index (κ1) is 26.4. The topological polar surface area (TPSA) is 89.7 Å². The van der Waals surface area contributed by atoms with E-state index in [1.165, 1.54) is 0 Å². The van der Waals surface area contributed by atoms with Crippen LogP contribution in [-0.4, -0.2) is 31.0 Å². The summed E-state index contributed by atoms with van der Waals surface area (Å²) in [5.41, 5.74) is 6.32. The van der Waals surface area contributed by atoms with Gasteiger partial charge in [0.05, 0.1) is 19.8 Å². The number of H-pyrrole nitrogens is 1. The predicted molar refractivity (Wildman–Crippen MR) is 157 cm³/mol. The zero-order valence-electron chi connectivity index (χ0n) is 23.3. The minimum absolute atomic E-state index is 0.0140. The van der Waals surface area contributed by atoms with E-state index in [0.717, 1.165) is 44.8 Å². The predicted octanol–water partition coefficient (Wildman–Crippen LogP) is 6.29. The molecule has 41 heavy (non-hydrogen) atoms. The first-order valence-electron chi connectivity index (χ1n) is 13.7. The highest BCUT2D eigenvalue weighted by atomic mass is 16.5. The van der Waals surface area contributed by atoms with Crippen LogP contribution in [0.1, 0.15) is 48.3 Å². The van der Waals surface area contributed by atoms with E-state index in [-0.39, 0.29) is 18.3 Å². The molecule has 0 amide bonds. The molecule has 0 saturated heterocycles. The normalized spacial score (nSPS) is 18.7. The highest BCUT2D eigenvalue weighted by Crippen LogP contribution is 2.48. The number of esters is 1. The number of ketones is 1. The molecule has 1 aliphatic carbocycles. The molecule has 7 nitrogen and oxygen atoms in total. The first-order chi connectivity index (χ1) is 20.0. The molecule has 2 heterocycles. The van der Waals surface area contributed by atoms with Crippen LogP contribution in [0.2, 0.25) is 0 Å². The van der Waals surface area contributed by atoms with E-state index in [4.69, 9.17) is 14.2 Å². The van der Waals surface area contributed by atoms with Crippen molar-refractivity contribution in [2.75, 3.05) is 14.2 Å². The van der Waals surface area contributed by atoms with Crippen molar-refractivity contribution in [3.05, 3.63) is 118 Å². The highest BCUT2D eigenvalue weighted by Gasteiger charge is 2.42. The van der Waals surface area contributed by atoms with Gasteiger partial charge in [-0.2, -0.15) is 0 Å². The maximum absolute atomic E-state index is 14.1. The maximum atomic E-state index is 14.1. The molecule has 3 aromatic carbocycles. The van der Waals surface area contributed by atoms with E-state index >= 15 is 0 Å². The van der Waals surface area contributed by atoms with Crippen LogP contribution in [0.4, 0.5) is 0 Å². The van der Waals surface area contributed by atoms with E-state index in [9.17, 15) is 9.59 Å². The number of carbonyl (C=O) groups is 2. The average molecular weight is 549 g/mol. The Hall–Kier alpha value is -4.78. The van der Waals surface area contributed by atoms with Crippen molar-refractivity contribution in [2.45, 2.75) is 38.2 Å². The Morgan fingerprint density at radius 3 is 2.46 bits per heavy atom. The molecule has 2 N–H and O–H groups in total. The Bertz CT molecular complexity index is 1700. The zero-order valence-corrected chi connectivity index (χ0v) is 23.3. The number of allylic oxidation sites excluding steroid dienone is 3. The molecule has 1 unspecified atom stereocenters. The smallest absolute Gasteiger partial charge is 0.337 e. The summed E-state index contributed by atoms with van der Waals surface area (Å²) in [6, 6.07) is 23.2. The highest BCUT2D eigenvalue weighted by molar-refractivity contribution is 6.05. The molecule has 4 aromatic rings. The second kappa shape index (κ2) is 11.0. The number of dihydropyridines is 1. The van der Waals surface area contributed by atoms with Gasteiger partial charge >= 0.3 is 5.97 Å². The summed E-state index contributed by atoms with van der Waals surface area (Å²) in [6.45, 7) is 1.99. The van der Waals surface area contributed by atoms with Crippen LogP contribution in [0.5, 0.6) is 11.5 Å². The molecule has 0 fully saturated rings. The molecule has 0 radical (unpaired) electrons. The van der Waals surface area contributed by atoms with Crippen molar-refractivity contribution >= 4 is 22.7 Å². The lowest BCUT2D eigenvalue weighted by Crippen LogP contribution is -2.36. The van der Waals surface area contributed by atoms with Gasteiger partial charge in [0, 0.05) is 52.3 Å². The Kier molecular flexibility index (Phi) is 7.10. The van der Waals surface area contributed by atoms with Gasteiger partial charge in [0.15, 0.2) is 5.78 Å². The third kappa shape index (κ3) is 4.88. The summed E-state index contributed by atoms with van der Waals surface area (Å²) in [6.07, 6.45) is 2.84. The Morgan fingerprint density at radius 2 is 1.68 bits per heavy atom. The van der Waals surface area contributed by atoms with Crippen molar-refractivity contribution in [1.29, 1.82) is 0 Å². The van der Waals surface area contributed by atoms with Crippen molar-refractivity contribution in [3.8, 4) is 11.5 Å². The average Bonchev–Trinajstić information content (AvgIpc) is 3.48. The number of para-hydroxylation sites is 1. The number of hydrogen-bond donors (Lipinski definition) is 2. The van der Waals surface area contributed by atoms with Gasteiger partial charge in [-0.05, 0) is 60.4 Å². The number of fused-ring (bicyclic) bond motifs is 1. The molecule has 1 aliphatic heterocycles. The minimum atomic E-state index is -0.555. The molecule has 6 rings (SSSR count). The van der Waals surface area contributed by atoms with E-state index in [2.05, 4.69) is 10.3 Å². The Morgan fingerprint density at radius 1 is 0.902 bits per heavy atom. The van der Waals surface area contributed by atoms with Gasteiger partial charge in [-0.1, -0.05) is 42.5 Å². The summed E-state index contributed by atoms with van der Waals surface area (Å²) in [5, 5.41) is 4.42. The molecule has 1 aromatic heterocycles. The van der Waals surface area contributed by atoms with Crippen molar-refractivity contribution in [1.82, 2.24) is 10.3 Å². The van der Waals surface area contributed by atoms with Gasteiger partial charge in [0.25, 0.3) is 0 Å². The zero-order chi connectivity index (χ0) is 28.5. The van der Waals surface area contributed by atoms with Gasteiger partial charge in [-0.25, -0.2) is 4.79 Å². The fourth-order valence-electron chi connectivity index (χ4n) is 6.15. The number of carbonyl (C=O) groups excluding carboxylic acids is 2. The summed E-state index contributed by atoms with van der Waals surface area (Å²) in [7, 11) is 3.26. The van der Waals surface area contributed by atoms with Crippen LogP contribution < -0.4 is 14.8 Å². The molecule has 2 aliphatic rings. The molecule has 0 spiro atoms. The SMILES string of the molecule is COc1ccc(COC(=O)C2=C(C)NC3=C(C(=O)C[C@H](c4ccccc4OC)C3)C2c2cccc3[nH]ccc23)cc1. The summed E-state index contributed by atoms with van der Waals surface area (Å²) >= 11 is 0. The molecule has 0 bridgehead atoms. The molecular formula is C34H32N2O5. The number of ether oxygens (including phenoxy) is 3. The van der Waals surface area contributed by atoms with Gasteiger partial charge in [0.2, 0.25) is 0 Å². The first-order valence-corrected chi connectivity index (χ1v) is 13.7. The van der Waals surface area contributed by atoms with Gasteiger partial charge < -0.3 is 24.5 Å². The third-order valence-corrected chi connectivity index (χ3v) is 8.09. The summed E-state index contributed by atoms with van der Waals surface area (Å²) < 4.78 is 16.7. The maximum Gasteiger partial charge on any atom is 0.337 e. The van der Waals surface area contributed by atoms with Crippen molar-refractivity contribution in [2.24, 2.45) is 0 Å². The van der Waals surface area contributed by atoms with Crippen LogP contribution in [0.3, 0.4) is 0 Å². The number of benzene rings is 3. The van der Waals surface area contributed by atoms with E-state index in [1.54, 1.807) is 14.2 Å². The van der Waals surface area contributed by atoms with E-state index in [0.29, 0.717) is 29.7 Å². The fourth-order valence-corrected chi connectivity index (χ4v) is 6.15. The van der Waals surface area contributed by atoms with Crippen molar-refractivity contribution < 1.29 is 23.8 Å². The van der Waals surface area contributed by atoms with E-state index < -0.39 is 11.9 Å². The quantitative estimate of drug-likeness (QED) is 0.264. The molecule has 0 saturated carbocycles. The molecular weight excluding hydrogens is 516 g/mol. The largest absolute Gasteiger partial charge is 0.497 e. The number of hydrogen-bond acceptors (Lipinski definition) is 6. The molecule has 2 atom stereocenters. The monoisotopic (exact) mass is 548 g/mol. The summed E-state index contributed by atoms with van der Waals surface area (Å²) in [5.74, 6) is 0.477.